The normalized spacial score (nSPS) is 11.1. The lowest BCUT2D eigenvalue weighted by Gasteiger charge is -2.25. The first kappa shape index (κ1) is 14.3. The van der Waals surface area contributed by atoms with E-state index < -0.39 is 5.54 Å². The van der Waals surface area contributed by atoms with Gasteiger partial charge in [-0.2, -0.15) is 0 Å². The SMILES string of the molecule is COCC(C)(C)NC(=O)COc1cccc(N)c1. The summed E-state index contributed by atoms with van der Waals surface area (Å²) in [6, 6.07) is 6.96. The van der Waals surface area contributed by atoms with Gasteiger partial charge < -0.3 is 20.5 Å². The Labute approximate surface area is 107 Å². The van der Waals surface area contributed by atoms with Crippen molar-refractivity contribution in [2.75, 3.05) is 26.1 Å². The van der Waals surface area contributed by atoms with Crippen LogP contribution in [0.25, 0.3) is 0 Å². The van der Waals surface area contributed by atoms with E-state index in [-0.39, 0.29) is 12.5 Å². The highest BCUT2D eigenvalue weighted by molar-refractivity contribution is 5.78. The van der Waals surface area contributed by atoms with Crippen LogP contribution in [0, 0.1) is 0 Å². The quantitative estimate of drug-likeness (QED) is 0.746. The Morgan fingerprint density at radius 2 is 2.17 bits per heavy atom. The Bertz CT molecular complexity index is 405. The van der Waals surface area contributed by atoms with Gasteiger partial charge in [0.2, 0.25) is 0 Å². The number of hydrogen-bond donors (Lipinski definition) is 2. The number of methoxy groups -OCH3 is 1. The first-order chi connectivity index (χ1) is 8.43. The summed E-state index contributed by atoms with van der Waals surface area (Å²) >= 11 is 0. The smallest absolute Gasteiger partial charge is 0.258 e. The fourth-order valence-corrected chi connectivity index (χ4v) is 1.56. The standard InChI is InChI=1S/C13H20N2O3/c1-13(2,9-17-3)15-12(16)8-18-11-6-4-5-10(14)7-11/h4-7H,8-9,14H2,1-3H3,(H,15,16). The van der Waals surface area contributed by atoms with Crippen LogP contribution in [-0.4, -0.2) is 31.8 Å². The van der Waals surface area contributed by atoms with Crippen LogP contribution >= 0.6 is 0 Å². The third kappa shape index (κ3) is 5.05. The van der Waals surface area contributed by atoms with Gasteiger partial charge in [0.05, 0.1) is 12.1 Å². The van der Waals surface area contributed by atoms with Crippen molar-refractivity contribution in [3.63, 3.8) is 0 Å². The summed E-state index contributed by atoms with van der Waals surface area (Å²) in [5, 5.41) is 2.82. The predicted octanol–water partition coefficient (Wildman–Crippen LogP) is 1.19. The number of amides is 1. The lowest BCUT2D eigenvalue weighted by Crippen LogP contribution is -2.48. The number of anilines is 1. The van der Waals surface area contributed by atoms with Crippen LogP contribution < -0.4 is 15.8 Å². The molecule has 5 nitrogen and oxygen atoms in total. The number of ether oxygens (including phenoxy) is 2. The summed E-state index contributed by atoms with van der Waals surface area (Å²) in [6.45, 7) is 4.16. The van der Waals surface area contributed by atoms with Crippen LogP contribution in [0.15, 0.2) is 24.3 Å². The molecule has 1 aromatic carbocycles. The Balaban J connectivity index is 2.42. The minimum atomic E-state index is -0.412. The second-order valence-corrected chi connectivity index (χ2v) is 4.73. The lowest BCUT2D eigenvalue weighted by molar-refractivity contribution is -0.125. The van der Waals surface area contributed by atoms with Crippen LogP contribution in [0.1, 0.15) is 13.8 Å². The van der Waals surface area contributed by atoms with Crippen LogP contribution in [0.4, 0.5) is 5.69 Å². The molecule has 18 heavy (non-hydrogen) atoms. The highest BCUT2D eigenvalue weighted by atomic mass is 16.5. The summed E-state index contributed by atoms with van der Waals surface area (Å²) in [6.07, 6.45) is 0. The molecule has 0 spiro atoms. The van der Waals surface area contributed by atoms with Gasteiger partial charge in [-0.15, -0.1) is 0 Å². The Hall–Kier alpha value is -1.75. The van der Waals surface area contributed by atoms with Gasteiger partial charge in [0.1, 0.15) is 5.75 Å². The van der Waals surface area contributed by atoms with Crippen LogP contribution in [-0.2, 0) is 9.53 Å². The third-order valence-electron chi connectivity index (χ3n) is 2.21. The van der Waals surface area contributed by atoms with E-state index in [2.05, 4.69) is 5.32 Å². The highest BCUT2D eigenvalue weighted by Crippen LogP contribution is 2.14. The van der Waals surface area contributed by atoms with Crippen molar-refractivity contribution in [1.82, 2.24) is 5.32 Å². The first-order valence-corrected chi connectivity index (χ1v) is 5.71. The van der Waals surface area contributed by atoms with E-state index in [0.717, 1.165) is 0 Å². The molecule has 100 valence electrons. The monoisotopic (exact) mass is 252 g/mol. The maximum Gasteiger partial charge on any atom is 0.258 e. The van der Waals surface area contributed by atoms with Crippen molar-refractivity contribution >= 4 is 11.6 Å². The summed E-state index contributed by atoms with van der Waals surface area (Å²) in [5.41, 5.74) is 5.80. The molecule has 1 rings (SSSR count). The van der Waals surface area contributed by atoms with Crippen molar-refractivity contribution < 1.29 is 14.3 Å². The van der Waals surface area contributed by atoms with E-state index >= 15 is 0 Å². The highest BCUT2D eigenvalue weighted by Gasteiger charge is 2.20. The first-order valence-electron chi connectivity index (χ1n) is 5.71. The number of carbonyl (C=O) groups excluding carboxylic acids is 1. The average Bonchev–Trinajstić information content (AvgIpc) is 2.25. The fraction of sp³-hybridized carbons (Fsp3) is 0.462. The Morgan fingerprint density at radius 1 is 1.44 bits per heavy atom. The maximum atomic E-state index is 11.7. The van der Waals surface area contributed by atoms with Gasteiger partial charge in [-0.3, -0.25) is 4.79 Å². The largest absolute Gasteiger partial charge is 0.484 e. The van der Waals surface area contributed by atoms with E-state index in [1.165, 1.54) is 0 Å². The zero-order chi connectivity index (χ0) is 13.6. The molecule has 0 aliphatic carbocycles. The third-order valence-corrected chi connectivity index (χ3v) is 2.21. The summed E-state index contributed by atoms with van der Waals surface area (Å²) in [5.74, 6) is 0.383. The van der Waals surface area contributed by atoms with E-state index in [4.69, 9.17) is 15.2 Å². The Kier molecular flexibility index (Phi) is 4.97. The molecule has 0 atom stereocenters. The van der Waals surface area contributed by atoms with Crippen molar-refractivity contribution in [3.8, 4) is 5.75 Å². The van der Waals surface area contributed by atoms with Gasteiger partial charge >= 0.3 is 0 Å². The topological polar surface area (TPSA) is 73.6 Å². The fourth-order valence-electron chi connectivity index (χ4n) is 1.56. The number of rotatable bonds is 6. The average molecular weight is 252 g/mol. The van der Waals surface area contributed by atoms with Gasteiger partial charge in [-0.25, -0.2) is 0 Å². The zero-order valence-corrected chi connectivity index (χ0v) is 11.0. The second-order valence-electron chi connectivity index (χ2n) is 4.73. The van der Waals surface area contributed by atoms with Crippen LogP contribution in [0.2, 0.25) is 0 Å². The number of nitrogens with two attached hydrogens (primary N) is 1. The second kappa shape index (κ2) is 6.26. The lowest BCUT2D eigenvalue weighted by atomic mass is 10.1. The molecule has 0 heterocycles. The van der Waals surface area contributed by atoms with Gasteiger partial charge in [-0.05, 0) is 26.0 Å². The summed E-state index contributed by atoms with van der Waals surface area (Å²) in [4.78, 5) is 11.7. The molecule has 0 saturated carbocycles. The molecule has 5 heteroatoms. The number of benzene rings is 1. The van der Waals surface area contributed by atoms with E-state index in [0.29, 0.717) is 18.0 Å². The molecule has 0 aromatic heterocycles. The van der Waals surface area contributed by atoms with Crippen molar-refractivity contribution in [1.29, 1.82) is 0 Å². The molecule has 0 fully saturated rings. The minimum Gasteiger partial charge on any atom is -0.484 e. The molecule has 0 radical (unpaired) electrons. The predicted molar refractivity (Wildman–Crippen MR) is 70.4 cm³/mol. The van der Waals surface area contributed by atoms with Gasteiger partial charge in [0, 0.05) is 18.9 Å². The van der Waals surface area contributed by atoms with Crippen LogP contribution in [0.3, 0.4) is 0 Å². The Morgan fingerprint density at radius 3 is 2.78 bits per heavy atom. The zero-order valence-electron chi connectivity index (χ0n) is 11.0. The van der Waals surface area contributed by atoms with Gasteiger partial charge in [0.15, 0.2) is 6.61 Å². The molecule has 1 aromatic rings. The molecular formula is C13H20N2O3. The minimum absolute atomic E-state index is 0.0450. The van der Waals surface area contributed by atoms with Crippen molar-refractivity contribution in [2.24, 2.45) is 0 Å². The molecule has 0 unspecified atom stereocenters. The van der Waals surface area contributed by atoms with Gasteiger partial charge in [-0.1, -0.05) is 6.07 Å². The number of nitrogen functional groups attached to an aromatic ring is 1. The molecule has 0 aliphatic rings. The maximum absolute atomic E-state index is 11.7. The van der Waals surface area contributed by atoms with Gasteiger partial charge in [0.25, 0.3) is 5.91 Å². The van der Waals surface area contributed by atoms with E-state index in [1.807, 2.05) is 13.8 Å². The number of nitrogens with one attached hydrogen (secondary N) is 1. The molecule has 1 amide bonds. The van der Waals surface area contributed by atoms with Crippen molar-refractivity contribution in [2.45, 2.75) is 19.4 Å². The molecule has 0 saturated heterocycles. The molecule has 3 N–H and O–H groups in total. The molecule has 0 bridgehead atoms. The van der Waals surface area contributed by atoms with Crippen molar-refractivity contribution in [3.05, 3.63) is 24.3 Å². The van der Waals surface area contributed by atoms with E-state index in [9.17, 15) is 4.79 Å². The summed E-state index contributed by atoms with van der Waals surface area (Å²) in [7, 11) is 1.59. The number of carbonyl (C=O) groups is 1. The molecule has 0 aliphatic heterocycles. The van der Waals surface area contributed by atoms with E-state index in [1.54, 1.807) is 31.4 Å². The van der Waals surface area contributed by atoms with Crippen LogP contribution in [0.5, 0.6) is 5.75 Å². The summed E-state index contributed by atoms with van der Waals surface area (Å²) < 4.78 is 10.4. The number of hydrogen-bond acceptors (Lipinski definition) is 4. The molecular weight excluding hydrogens is 232 g/mol.